The molecule has 0 amide bonds. The summed E-state index contributed by atoms with van der Waals surface area (Å²) in [5.41, 5.74) is 3.64. The number of aliphatic hydroxyl groups is 1. The molecule has 0 spiro atoms. The van der Waals surface area contributed by atoms with Crippen molar-refractivity contribution in [3.05, 3.63) is 34.9 Å². The van der Waals surface area contributed by atoms with Gasteiger partial charge in [-0.3, -0.25) is 0 Å². The van der Waals surface area contributed by atoms with Crippen molar-refractivity contribution in [2.45, 2.75) is 57.8 Å². The van der Waals surface area contributed by atoms with Crippen molar-refractivity contribution in [1.29, 1.82) is 0 Å². The number of fused-ring (bicyclic) bond motifs is 1. The average Bonchev–Trinajstić information content (AvgIpc) is 2.69. The van der Waals surface area contributed by atoms with E-state index in [1.807, 2.05) is 0 Å². The van der Waals surface area contributed by atoms with E-state index in [-0.39, 0.29) is 6.10 Å². The van der Waals surface area contributed by atoms with E-state index in [1.54, 1.807) is 0 Å². The van der Waals surface area contributed by atoms with Crippen molar-refractivity contribution in [2.24, 2.45) is 5.92 Å². The molecule has 1 aliphatic carbocycles. The van der Waals surface area contributed by atoms with E-state index in [0.29, 0.717) is 12.5 Å². The highest BCUT2D eigenvalue weighted by Crippen LogP contribution is 2.34. The zero-order chi connectivity index (χ0) is 12.4. The fourth-order valence-corrected chi connectivity index (χ4v) is 3.27. The van der Waals surface area contributed by atoms with Gasteiger partial charge in [-0.2, -0.15) is 0 Å². The number of aliphatic hydroxyl groups excluding tert-OH is 1. The third kappa shape index (κ3) is 2.45. The number of hydrogen-bond acceptors (Lipinski definition) is 2. The van der Waals surface area contributed by atoms with Gasteiger partial charge < -0.3 is 9.84 Å². The summed E-state index contributed by atoms with van der Waals surface area (Å²) in [7, 11) is 0. The molecule has 0 aromatic heterocycles. The maximum Gasteiger partial charge on any atom is 0.0818 e. The third-order valence-electron chi connectivity index (χ3n) is 4.43. The van der Waals surface area contributed by atoms with Crippen LogP contribution < -0.4 is 0 Å². The molecular weight excluding hydrogens is 224 g/mol. The van der Waals surface area contributed by atoms with E-state index in [2.05, 4.69) is 18.2 Å². The van der Waals surface area contributed by atoms with Crippen LogP contribution in [0.3, 0.4) is 0 Å². The van der Waals surface area contributed by atoms with Gasteiger partial charge in [-0.15, -0.1) is 0 Å². The summed E-state index contributed by atoms with van der Waals surface area (Å²) in [6.07, 6.45) is 7.28. The first-order chi connectivity index (χ1) is 8.84. The Morgan fingerprint density at radius 1 is 1.00 bits per heavy atom. The lowest BCUT2D eigenvalue weighted by molar-refractivity contribution is 0.0986. The maximum absolute atomic E-state index is 10.6. The quantitative estimate of drug-likeness (QED) is 0.806. The molecule has 0 bridgehead atoms. The minimum atomic E-state index is -0.283. The Morgan fingerprint density at radius 2 is 1.72 bits per heavy atom. The summed E-state index contributed by atoms with van der Waals surface area (Å²) < 4.78 is 5.43. The monoisotopic (exact) mass is 246 g/mol. The van der Waals surface area contributed by atoms with E-state index in [4.69, 9.17) is 4.74 Å². The molecule has 3 rings (SSSR count). The van der Waals surface area contributed by atoms with Gasteiger partial charge in [0, 0.05) is 0 Å². The molecule has 2 aliphatic rings. The van der Waals surface area contributed by atoms with Crippen LogP contribution >= 0.6 is 0 Å². The predicted molar refractivity (Wildman–Crippen MR) is 71.1 cm³/mol. The van der Waals surface area contributed by atoms with Crippen LogP contribution in [0.2, 0.25) is 0 Å². The van der Waals surface area contributed by atoms with Gasteiger partial charge in [0.15, 0.2) is 0 Å². The molecule has 2 heteroatoms. The summed E-state index contributed by atoms with van der Waals surface area (Å²) in [6, 6.07) is 6.36. The van der Waals surface area contributed by atoms with Crippen molar-refractivity contribution in [2.75, 3.05) is 0 Å². The third-order valence-corrected chi connectivity index (χ3v) is 4.43. The molecule has 0 saturated heterocycles. The van der Waals surface area contributed by atoms with Gasteiger partial charge in [-0.1, -0.05) is 43.9 Å². The van der Waals surface area contributed by atoms with Gasteiger partial charge >= 0.3 is 0 Å². The van der Waals surface area contributed by atoms with Crippen LogP contribution in [0.4, 0.5) is 0 Å². The lowest BCUT2D eigenvalue weighted by Crippen LogP contribution is -2.12. The molecule has 98 valence electrons. The van der Waals surface area contributed by atoms with Crippen LogP contribution in [-0.4, -0.2) is 5.11 Å². The Kier molecular flexibility index (Phi) is 3.67. The van der Waals surface area contributed by atoms with Crippen LogP contribution in [0.5, 0.6) is 0 Å². The molecule has 1 saturated carbocycles. The molecule has 18 heavy (non-hydrogen) atoms. The van der Waals surface area contributed by atoms with Crippen LogP contribution in [0.25, 0.3) is 0 Å². The molecule has 1 aromatic rings. The fraction of sp³-hybridized carbons (Fsp3) is 0.625. The second kappa shape index (κ2) is 5.41. The largest absolute Gasteiger partial charge is 0.388 e. The topological polar surface area (TPSA) is 29.5 Å². The zero-order valence-corrected chi connectivity index (χ0v) is 10.9. The molecule has 1 unspecified atom stereocenters. The standard InChI is InChI=1S/C16H22O2/c17-16(12-5-3-1-2-4-6-12)13-7-8-14-10-18-11-15(14)9-13/h7-9,12,16-17H,1-6,10-11H2. The van der Waals surface area contributed by atoms with Crippen molar-refractivity contribution < 1.29 is 9.84 Å². The zero-order valence-electron chi connectivity index (χ0n) is 10.9. The number of ether oxygens (including phenoxy) is 1. The Balaban J connectivity index is 1.76. The maximum atomic E-state index is 10.6. The SMILES string of the molecule is OC(c1ccc2c(c1)COC2)C1CCCCCC1. The first-order valence-electron chi connectivity index (χ1n) is 7.22. The number of benzene rings is 1. The molecule has 1 fully saturated rings. The van der Waals surface area contributed by atoms with Crippen molar-refractivity contribution in [1.82, 2.24) is 0 Å². The summed E-state index contributed by atoms with van der Waals surface area (Å²) in [6.45, 7) is 1.44. The minimum absolute atomic E-state index is 0.283. The van der Waals surface area contributed by atoms with Gasteiger partial charge in [0.1, 0.15) is 0 Å². The lowest BCUT2D eigenvalue weighted by Gasteiger charge is -2.22. The summed E-state index contributed by atoms with van der Waals surface area (Å²) >= 11 is 0. The van der Waals surface area contributed by atoms with Crippen molar-refractivity contribution in [3.8, 4) is 0 Å². The normalized spacial score (nSPS) is 22.5. The van der Waals surface area contributed by atoms with Gasteiger partial charge in [0.05, 0.1) is 19.3 Å². The molecule has 0 radical (unpaired) electrons. The van der Waals surface area contributed by atoms with Crippen molar-refractivity contribution in [3.63, 3.8) is 0 Å². The molecule has 1 N–H and O–H groups in total. The lowest BCUT2D eigenvalue weighted by atomic mass is 9.88. The summed E-state index contributed by atoms with van der Waals surface area (Å²) in [5.74, 6) is 0.452. The van der Waals surface area contributed by atoms with Crippen LogP contribution in [-0.2, 0) is 18.0 Å². The van der Waals surface area contributed by atoms with E-state index in [1.165, 1.54) is 49.7 Å². The van der Waals surface area contributed by atoms with Crippen molar-refractivity contribution >= 4 is 0 Å². The Hall–Kier alpha value is -0.860. The predicted octanol–water partition coefficient (Wildman–Crippen LogP) is 3.72. The first kappa shape index (κ1) is 12.2. The van der Waals surface area contributed by atoms with Gasteiger partial charge in [0.2, 0.25) is 0 Å². The molecule has 1 aromatic carbocycles. The van der Waals surface area contributed by atoms with E-state index in [9.17, 15) is 5.11 Å². The Labute approximate surface area is 109 Å². The molecule has 1 heterocycles. The Bertz CT molecular complexity index is 406. The average molecular weight is 246 g/mol. The molecule has 1 atom stereocenters. The Morgan fingerprint density at radius 3 is 2.50 bits per heavy atom. The van der Waals surface area contributed by atoms with Gasteiger partial charge in [0.25, 0.3) is 0 Å². The molecule has 1 aliphatic heterocycles. The van der Waals surface area contributed by atoms with Gasteiger partial charge in [-0.05, 0) is 35.4 Å². The van der Waals surface area contributed by atoms with Gasteiger partial charge in [-0.25, -0.2) is 0 Å². The molecular formula is C16H22O2. The molecule has 2 nitrogen and oxygen atoms in total. The van der Waals surface area contributed by atoms with Crippen LogP contribution in [0.15, 0.2) is 18.2 Å². The minimum Gasteiger partial charge on any atom is -0.388 e. The summed E-state index contributed by atoms with van der Waals surface area (Å²) in [5, 5.41) is 10.6. The first-order valence-corrected chi connectivity index (χ1v) is 7.22. The highest BCUT2D eigenvalue weighted by molar-refractivity contribution is 5.34. The van der Waals surface area contributed by atoms with Crippen LogP contribution in [0.1, 0.15) is 61.3 Å². The number of hydrogen-bond donors (Lipinski definition) is 1. The highest BCUT2D eigenvalue weighted by atomic mass is 16.5. The highest BCUT2D eigenvalue weighted by Gasteiger charge is 2.23. The smallest absolute Gasteiger partial charge is 0.0818 e. The van der Waals surface area contributed by atoms with Crippen LogP contribution in [0, 0.1) is 5.92 Å². The second-order valence-electron chi connectivity index (χ2n) is 5.72. The van der Waals surface area contributed by atoms with E-state index >= 15 is 0 Å². The second-order valence-corrected chi connectivity index (χ2v) is 5.72. The fourth-order valence-electron chi connectivity index (χ4n) is 3.27. The van der Waals surface area contributed by atoms with E-state index < -0.39 is 0 Å². The van der Waals surface area contributed by atoms with E-state index in [0.717, 1.165) is 12.2 Å². The summed E-state index contributed by atoms with van der Waals surface area (Å²) in [4.78, 5) is 0. The number of rotatable bonds is 2.